The summed E-state index contributed by atoms with van der Waals surface area (Å²) in [5, 5.41) is 15.7. The van der Waals surface area contributed by atoms with Crippen LogP contribution in [0.2, 0.25) is 0 Å². The summed E-state index contributed by atoms with van der Waals surface area (Å²) in [5.41, 5.74) is 1.50. The van der Waals surface area contributed by atoms with Crippen LogP contribution in [0.5, 0.6) is 0 Å². The van der Waals surface area contributed by atoms with Gasteiger partial charge in [0.05, 0.1) is 25.3 Å². The lowest BCUT2D eigenvalue weighted by Crippen LogP contribution is -2.50. The number of amides is 1. The topological polar surface area (TPSA) is 77.4 Å². The summed E-state index contributed by atoms with van der Waals surface area (Å²) in [4.78, 5) is 15.1. The first kappa shape index (κ1) is 20.9. The van der Waals surface area contributed by atoms with E-state index < -0.39 is 6.04 Å². The van der Waals surface area contributed by atoms with Crippen LogP contribution >= 0.6 is 0 Å². The van der Waals surface area contributed by atoms with Gasteiger partial charge in [0.25, 0.3) is 0 Å². The molecule has 2 N–H and O–H groups in total. The molecule has 5 rings (SSSR count). The number of hydrogen-bond acceptors (Lipinski definition) is 5. The summed E-state index contributed by atoms with van der Waals surface area (Å²) in [6.45, 7) is 3.59. The van der Waals surface area contributed by atoms with Crippen LogP contribution in [-0.2, 0) is 16.0 Å². The molecule has 0 spiro atoms. The molecule has 2 bridgehead atoms. The molecule has 7 heteroatoms. The van der Waals surface area contributed by atoms with Gasteiger partial charge in [-0.3, -0.25) is 9.69 Å². The van der Waals surface area contributed by atoms with E-state index in [0.29, 0.717) is 29.5 Å². The van der Waals surface area contributed by atoms with Crippen molar-refractivity contribution in [2.45, 2.75) is 68.6 Å². The minimum absolute atomic E-state index is 0.128. The Balaban J connectivity index is 1.20. The molecule has 3 aliphatic heterocycles. The molecule has 166 valence electrons. The largest absolute Gasteiger partial charge is 0.378 e. The SMILES string of the molecule is N#C[C@H](Cc1ccc(C2CCN3CCOC[C@H]3C2)cc1F)NC(=O)C1NC2CCC1C2. The Labute approximate surface area is 183 Å². The number of hydrogen-bond donors (Lipinski definition) is 2. The number of carbonyl (C=O) groups excluding carboxylic acids is 1. The first-order valence-electron chi connectivity index (χ1n) is 11.7. The Morgan fingerprint density at radius 3 is 2.97 bits per heavy atom. The van der Waals surface area contributed by atoms with E-state index in [1.54, 1.807) is 12.1 Å². The van der Waals surface area contributed by atoms with E-state index in [0.717, 1.165) is 64.0 Å². The maximum absolute atomic E-state index is 14.9. The molecule has 4 aliphatic rings. The number of ether oxygens (including phenoxy) is 1. The van der Waals surface area contributed by atoms with Crippen molar-refractivity contribution in [3.8, 4) is 6.07 Å². The van der Waals surface area contributed by atoms with Gasteiger partial charge in [0.2, 0.25) is 5.91 Å². The Kier molecular flexibility index (Phi) is 5.96. The van der Waals surface area contributed by atoms with E-state index in [1.807, 2.05) is 6.07 Å². The van der Waals surface area contributed by atoms with Crippen molar-refractivity contribution in [1.82, 2.24) is 15.5 Å². The van der Waals surface area contributed by atoms with Gasteiger partial charge in [-0.15, -0.1) is 0 Å². The second-order valence-corrected chi connectivity index (χ2v) is 9.65. The van der Waals surface area contributed by atoms with E-state index >= 15 is 0 Å². The quantitative estimate of drug-likeness (QED) is 0.754. The number of morpholine rings is 1. The van der Waals surface area contributed by atoms with Crippen molar-refractivity contribution < 1.29 is 13.9 Å². The van der Waals surface area contributed by atoms with Crippen LogP contribution in [-0.4, -0.2) is 61.3 Å². The molecular formula is C24H31FN4O2. The fraction of sp³-hybridized carbons (Fsp3) is 0.667. The highest BCUT2D eigenvalue weighted by Gasteiger charge is 2.43. The third-order valence-electron chi connectivity index (χ3n) is 7.76. The van der Waals surface area contributed by atoms with Crippen molar-refractivity contribution >= 4 is 5.91 Å². The number of rotatable bonds is 5. The van der Waals surface area contributed by atoms with E-state index in [4.69, 9.17) is 4.74 Å². The molecule has 1 aromatic carbocycles. The van der Waals surface area contributed by atoms with Crippen LogP contribution in [0.25, 0.3) is 0 Å². The average Bonchev–Trinajstić information content (AvgIpc) is 3.43. The first-order chi connectivity index (χ1) is 15.1. The molecular weight excluding hydrogens is 395 g/mol. The van der Waals surface area contributed by atoms with Gasteiger partial charge in [0, 0.05) is 25.0 Å². The second kappa shape index (κ2) is 8.85. The standard InChI is InChI=1S/C24H31FN4O2/c25-22-12-15(16-5-6-29-7-8-31-14-21(29)11-16)1-2-17(22)9-20(13-26)28-24(30)23-18-3-4-19(10-18)27-23/h1-2,12,16,18-21,23,27H,3-11,14H2,(H,28,30)/t16?,18?,19?,20-,21+,23?/m0/s1. The third-order valence-corrected chi connectivity index (χ3v) is 7.76. The highest BCUT2D eigenvalue weighted by atomic mass is 19.1. The van der Waals surface area contributed by atoms with Crippen molar-refractivity contribution in [2.24, 2.45) is 5.92 Å². The number of nitrogens with one attached hydrogen (secondary N) is 2. The third kappa shape index (κ3) is 4.34. The Hall–Kier alpha value is -2.01. The number of nitrogens with zero attached hydrogens (tertiary/aromatic N) is 2. The molecule has 1 aromatic rings. The Bertz CT molecular complexity index is 872. The minimum Gasteiger partial charge on any atom is -0.378 e. The lowest BCUT2D eigenvalue weighted by atomic mass is 9.84. The zero-order chi connectivity index (χ0) is 21.4. The van der Waals surface area contributed by atoms with Crippen molar-refractivity contribution in [1.29, 1.82) is 5.26 Å². The summed E-state index contributed by atoms with van der Waals surface area (Å²) >= 11 is 0. The number of nitriles is 1. The molecule has 1 amide bonds. The van der Waals surface area contributed by atoms with Gasteiger partial charge in [-0.25, -0.2) is 4.39 Å². The van der Waals surface area contributed by atoms with Crippen LogP contribution in [0.4, 0.5) is 4.39 Å². The van der Waals surface area contributed by atoms with Crippen molar-refractivity contribution in [2.75, 3.05) is 26.3 Å². The monoisotopic (exact) mass is 426 g/mol. The van der Waals surface area contributed by atoms with Crippen LogP contribution < -0.4 is 10.6 Å². The fourth-order valence-corrected chi connectivity index (χ4v) is 6.02. The number of piperidine rings is 2. The molecule has 3 saturated heterocycles. The molecule has 1 aliphatic carbocycles. The first-order valence-corrected chi connectivity index (χ1v) is 11.7. The molecule has 3 heterocycles. The van der Waals surface area contributed by atoms with Crippen molar-refractivity contribution in [3.05, 3.63) is 35.1 Å². The van der Waals surface area contributed by atoms with Crippen LogP contribution in [0.15, 0.2) is 18.2 Å². The van der Waals surface area contributed by atoms with E-state index in [2.05, 4.69) is 21.6 Å². The molecule has 0 aromatic heterocycles. The minimum atomic E-state index is -0.726. The van der Waals surface area contributed by atoms with Gasteiger partial charge in [0.1, 0.15) is 11.9 Å². The molecule has 4 unspecified atom stereocenters. The second-order valence-electron chi connectivity index (χ2n) is 9.65. The number of halogens is 1. The van der Waals surface area contributed by atoms with Gasteiger partial charge in [-0.05, 0) is 67.7 Å². The number of benzene rings is 1. The maximum Gasteiger partial charge on any atom is 0.238 e. The predicted octanol–water partition coefficient (Wildman–Crippen LogP) is 2.10. The van der Waals surface area contributed by atoms with E-state index in [-0.39, 0.29) is 24.2 Å². The van der Waals surface area contributed by atoms with Gasteiger partial charge in [-0.2, -0.15) is 5.26 Å². The van der Waals surface area contributed by atoms with Crippen LogP contribution in [0.1, 0.15) is 49.1 Å². The molecule has 4 fully saturated rings. The Morgan fingerprint density at radius 1 is 1.32 bits per heavy atom. The van der Waals surface area contributed by atoms with Crippen molar-refractivity contribution in [3.63, 3.8) is 0 Å². The summed E-state index contributed by atoms with van der Waals surface area (Å²) in [6.07, 6.45) is 5.44. The lowest BCUT2D eigenvalue weighted by Gasteiger charge is -2.42. The summed E-state index contributed by atoms with van der Waals surface area (Å²) in [6, 6.07) is 7.48. The fourth-order valence-electron chi connectivity index (χ4n) is 6.02. The number of carbonyl (C=O) groups is 1. The van der Waals surface area contributed by atoms with E-state index in [1.165, 1.54) is 0 Å². The molecule has 1 saturated carbocycles. The van der Waals surface area contributed by atoms with E-state index in [9.17, 15) is 14.4 Å². The zero-order valence-corrected chi connectivity index (χ0v) is 17.9. The molecule has 0 radical (unpaired) electrons. The van der Waals surface area contributed by atoms with Gasteiger partial charge >= 0.3 is 0 Å². The predicted molar refractivity (Wildman–Crippen MR) is 114 cm³/mol. The smallest absolute Gasteiger partial charge is 0.238 e. The molecule has 6 nitrogen and oxygen atoms in total. The normalized spacial score (nSPS) is 33.5. The highest BCUT2D eigenvalue weighted by Crippen LogP contribution is 2.35. The number of fused-ring (bicyclic) bond motifs is 3. The molecule has 6 atom stereocenters. The van der Waals surface area contributed by atoms with Gasteiger partial charge in [0.15, 0.2) is 0 Å². The summed E-state index contributed by atoms with van der Waals surface area (Å²) in [7, 11) is 0. The lowest BCUT2D eigenvalue weighted by molar-refractivity contribution is -0.124. The summed E-state index contributed by atoms with van der Waals surface area (Å²) < 4.78 is 20.5. The Morgan fingerprint density at radius 2 is 2.23 bits per heavy atom. The van der Waals surface area contributed by atoms with Crippen LogP contribution in [0.3, 0.4) is 0 Å². The highest BCUT2D eigenvalue weighted by molar-refractivity contribution is 5.83. The van der Waals surface area contributed by atoms with Gasteiger partial charge < -0.3 is 15.4 Å². The summed E-state index contributed by atoms with van der Waals surface area (Å²) in [5.74, 6) is 0.285. The van der Waals surface area contributed by atoms with Crippen LogP contribution in [0, 0.1) is 23.1 Å². The zero-order valence-electron chi connectivity index (χ0n) is 17.9. The molecule has 31 heavy (non-hydrogen) atoms. The maximum atomic E-state index is 14.9. The average molecular weight is 427 g/mol. The van der Waals surface area contributed by atoms with Gasteiger partial charge in [-0.1, -0.05) is 12.1 Å².